The smallest absolute Gasteiger partial charge is 0.243 e. The number of aryl methyl sites for hydroxylation is 1. The maximum absolute atomic E-state index is 3.55. The van der Waals surface area contributed by atoms with Gasteiger partial charge in [-0.25, -0.2) is 4.98 Å². The van der Waals surface area contributed by atoms with Gasteiger partial charge in [-0.2, -0.15) is 4.57 Å². The van der Waals surface area contributed by atoms with Crippen LogP contribution in [0.5, 0.6) is 0 Å². The van der Waals surface area contributed by atoms with Crippen molar-refractivity contribution in [3.63, 3.8) is 0 Å². The fourth-order valence-corrected chi connectivity index (χ4v) is 4.79. The minimum atomic E-state index is 1.12. The Morgan fingerprint density at radius 2 is 1.06 bits per heavy atom. The molecule has 0 amide bonds. The molecule has 0 radical (unpaired) electrons. The van der Waals surface area contributed by atoms with Crippen molar-refractivity contribution in [2.45, 2.75) is 103 Å². The molecule has 178 valence electrons. The Bertz CT molecular complexity index is 866. The number of H-pyrrole nitrogens is 1. The van der Waals surface area contributed by atoms with Gasteiger partial charge in [-0.3, -0.25) is 0 Å². The summed E-state index contributed by atoms with van der Waals surface area (Å²) in [6, 6.07) is 21.4. The molecule has 0 atom stereocenters. The number of nitrogens with zero attached hydrogens (tertiary/aromatic N) is 1. The van der Waals surface area contributed by atoms with E-state index in [2.05, 4.69) is 83.3 Å². The van der Waals surface area contributed by atoms with Crippen LogP contribution in [0, 0.1) is 0 Å². The summed E-state index contributed by atoms with van der Waals surface area (Å²) in [6.07, 6.45) is 23.0. The van der Waals surface area contributed by atoms with E-state index in [1.54, 1.807) is 0 Å². The number of nitrogens with one attached hydrogen (secondary N) is 1. The van der Waals surface area contributed by atoms with Crippen LogP contribution < -0.4 is 4.57 Å². The fraction of sp³-hybridized carbons (Fsp3) is 0.516. The number of benzene rings is 2. The van der Waals surface area contributed by atoms with Crippen LogP contribution in [0.3, 0.4) is 0 Å². The van der Waals surface area contributed by atoms with Crippen molar-refractivity contribution in [1.29, 1.82) is 0 Å². The normalized spacial score (nSPS) is 11.2. The van der Waals surface area contributed by atoms with Gasteiger partial charge in [0.25, 0.3) is 5.82 Å². The van der Waals surface area contributed by atoms with Crippen LogP contribution in [0.4, 0.5) is 0 Å². The van der Waals surface area contributed by atoms with E-state index in [0.29, 0.717) is 0 Å². The zero-order valence-corrected chi connectivity index (χ0v) is 20.9. The molecule has 0 bridgehead atoms. The standard InChI is InChI=1S/C31H44N2/c1-2-3-4-5-6-7-8-9-10-11-12-13-14-19-26-30-27-32-31(28-22-17-15-18-23-28)33(30)29-24-20-16-21-25-29/h15-18,20-25,27H,2-14,19,26H2,1H3/p+1. The Hall–Kier alpha value is -2.35. The molecule has 0 fully saturated rings. The van der Waals surface area contributed by atoms with Crippen molar-refractivity contribution in [3.05, 3.63) is 72.6 Å². The number of hydrogen-bond donors (Lipinski definition) is 1. The zero-order valence-electron chi connectivity index (χ0n) is 20.9. The maximum atomic E-state index is 3.55. The second-order valence-electron chi connectivity index (χ2n) is 9.51. The van der Waals surface area contributed by atoms with E-state index in [-0.39, 0.29) is 0 Å². The quantitative estimate of drug-likeness (QED) is 0.158. The van der Waals surface area contributed by atoms with Gasteiger partial charge in [0.05, 0.1) is 5.56 Å². The van der Waals surface area contributed by atoms with E-state index in [1.165, 1.54) is 113 Å². The topological polar surface area (TPSA) is 19.7 Å². The van der Waals surface area contributed by atoms with Crippen LogP contribution >= 0.6 is 0 Å². The lowest BCUT2D eigenvalue weighted by Gasteiger charge is -2.06. The molecule has 0 aliphatic rings. The SMILES string of the molecule is CCCCCCCCCCCCCCCCc1c[nH]c(-c2ccccc2)[n+]1-c1ccccc1. The lowest BCUT2D eigenvalue weighted by atomic mass is 10.0. The molecule has 1 aromatic heterocycles. The first-order valence-electron chi connectivity index (χ1n) is 13.6. The average Bonchev–Trinajstić information content (AvgIpc) is 3.29. The summed E-state index contributed by atoms with van der Waals surface area (Å²) >= 11 is 0. The van der Waals surface area contributed by atoms with Crippen molar-refractivity contribution in [3.8, 4) is 17.1 Å². The number of rotatable bonds is 17. The molecule has 3 aromatic rings. The fourth-order valence-electron chi connectivity index (χ4n) is 4.79. The van der Waals surface area contributed by atoms with E-state index in [0.717, 1.165) is 6.42 Å². The third-order valence-electron chi connectivity index (χ3n) is 6.73. The first-order chi connectivity index (χ1) is 16.4. The van der Waals surface area contributed by atoms with Crippen LogP contribution in [0.2, 0.25) is 0 Å². The molecule has 0 aliphatic heterocycles. The van der Waals surface area contributed by atoms with Gasteiger partial charge >= 0.3 is 0 Å². The Labute approximate surface area is 202 Å². The highest BCUT2D eigenvalue weighted by Gasteiger charge is 2.20. The van der Waals surface area contributed by atoms with Gasteiger partial charge in [-0.1, -0.05) is 127 Å². The zero-order chi connectivity index (χ0) is 23.0. The summed E-state index contributed by atoms with van der Waals surface area (Å²) in [6.45, 7) is 2.29. The summed E-state index contributed by atoms with van der Waals surface area (Å²) in [5.74, 6) is 1.17. The third-order valence-corrected chi connectivity index (χ3v) is 6.73. The molecule has 1 heterocycles. The number of imidazole rings is 1. The molecule has 0 spiro atoms. The molecule has 2 aromatic carbocycles. The van der Waals surface area contributed by atoms with Crippen LogP contribution in [0.15, 0.2) is 66.9 Å². The average molecular weight is 446 g/mol. The number of aromatic nitrogens is 2. The highest BCUT2D eigenvalue weighted by Crippen LogP contribution is 2.18. The molecular weight excluding hydrogens is 400 g/mol. The van der Waals surface area contributed by atoms with Crippen molar-refractivity contribution in [1.82, 2.24) is 4.98 Å². The van der Waals surface area contributed by atoms with Crippen LogP contribution in [0.25, 0.3) is 17.1 Å². The van der Waals surface area contributed by atoms with E-state index in [9.17, 15) is 0 Å². The molecular formula is C31H45N2+. The van der Waals surface area contributed by atoms with Gasteiger partial charge in [-0.15, -0.1) is 0 Å². The van der Waals surface area contributed by atoms with Crippen LogP contribution in [-0.4, -0.2) is 4.98 Å². The number of unbranched alkanes of at least 4 members (excludes halogenated alkanes) is 13. The van der Waals surface area contributed by atoms with Crippen molar-refractivity contribution >= 4 is 0 Å². The van der Waals surface area contributed by atoms with Gasteiger partial charge in [0.15, 0.2) is 0 Å². The first kappa shape index (κ1) is 25.3. The van der Waals surface area contributed by atoms with Crippen LogP contribution in [-0.2, 0) is 6.42 Å². The largest absolute Gasteiger partial charge is 0.292 e. The molecule has 0 saturated carbocycles. The Morgan fingerprint density at radius 1 is 0.576 bits per heavy atom. The Morgan fingerprint density at radius 3 is 1.61 bits per heavy atom. The third kappa shape index (κ3) is 8.84. The van der Waals surface area contributed by atoms with Gasteiger partial charge in [0, 0.05) is 6.42 Å². The summed E-state index contributed by atoms with van der Waals surface area (Å²) in [5, 5.41) is 0. The van der Waals surface area contributed by atoms with Crippen molar-refractivity contribution in [2.24, 2.45) is 0 Å². The van der Waals surface area contributed by atoms with Gasteiger partial charge in [0.2, 0.25) is 0 Å². The second kappa shape index (κ2) is 15.5. The van der Waals surface area contributed by atoms with E-state index < -0.39 is 0 Å². The van der Waals surface area contributed by atoms with Crippen LogP contribution in [0.1, 0.15) is 103 Å². The Balaban J connectivity index is 1.36. The predicted octanol–water partition coefficient (Wildman–Crippen LogP) is 8.98. The van der Waals surface area contributed by atoms with Gasteiger partial charge in [0.1, 0.15) is 17.6 Å². The molecule has 0 saturated heterocycles. The lowest BCUT2D eigenvalue weighted by molar-refractivity contribution is -0.591. The molecule has 2 heteroatoms. The Kier molecular flexibility index (Phi) is 11.9. The molecule has 3 rings (SSSR count). The molecule has 0 unspecified atom stereocenters. The molecule has 1 N–H and O–H groups in total. The minimum absolute atomic E-state index is 1.12. The van der Waals surface area contributed by atoms with Gasteiger partial charge in [-0.05, 0) is 30.7 Å². The highest BCUT2D eigenvalue weighted by atomic mass is 15.1. The van der Waals surface area contributed by atoms with E-state index in [1.807, 2.05) is 0 Å². The number of hydrogen-bond acceptors (Lipinski definition) is 0. The molecule has 2 nitrogen and oxygen atoms in total. The number of aromatic amines is 1. The molecule has 0 aliphatic carbocycles. The van der Waals surface area contributed by atoms with Gasteiger partial charge < -0.3 is 0 Å². The van der Waals surface area contributed by atoms with Crippen molar-refractivity contribution in [2.75, 3.05) is 0 Å². The highest BCUT2D eigenvalue weighted by molar-refractivity contribution is 5.52. The maximum Gasteiger partial charge on any atom is 0.292 e. The summed E-state index contributed by atoms with van der Waals surface area (Å²) in [4.78, 5) is 3.55. The monoisotopic (exact) mass is 445 g/mol. The first-order valence-corrected chi connectivity index (χ1v) is 13.6. The summed E-state index contributed by atoms with van der Waals surface area (Å²) < 4.78 is 2.40. The van der Waals surface area contributed by atoms with Crippen molar-refractivity contribution < 1.29 is 4.57 Å². The molecule has 33 heavy (non-hydrogen) atoms. The number of para-hydroxylation sites is 1. The van der Waals surface area contributed by atoms with E-state index in [4.69, 9.17) is 0 Å². The van der Waals surface area contributed by atoms with E-state index >= 15 is 0 Å². The summed E-state index contributed by atoms with van der Waals surface area (Å²) in [5.41, 5.74) is 3.84. The lowest BCUT2D eigenvalue weighted by Crippen LogP contribution is -2.35. The predicted molar refractivity (Wildman–Crippen MR) is 142 cm³/mol. The second-order valence-corrected chi connectivity index (χ2v) is 9.51. The summed E-state index contributed by atoms with van der Waals surface area (Å²) in [7, 11) is 0. The minimum Gasteiger partial charge on any atom is -0.243 e.